The molecule has 1 unspecified atom stereocenters. The Morgan fingerprint density at radius 2 is 2.14 bits per heavy atom. The van der Waals surface area contributed by atoms with E-state index >= 15 is 0 Å². The Morgan fingerprint density at radius 3 is 2.81 bits per heavy atom. The highest BCUT2D eigenvalue weighted by Crippen LogP contribution is 2.13. The van der Waals surface area contributed by atoms with Crippen molar-refractivity contribution in [3.63, 3.8) is 0 Å². The molecule has 0 bridgehead atoms. The van der Waals surface area contributed by atoms with E-state index in [2.05, 4.69) is 4.72 Å². The Kier molecular flexibility index (Phi) is 5.33. The van der Waals surface area contributed by atoms with Crippen LogP contribution in [0.5, 0.6) is 0 Å². The topological polar surface area (TPSA) is 92.7 Å². The van der Waals surface area contributed by atoms with Crippen LogP contribution in [-0.2, 0) is 21.2 Å². The van der Waals surface area contributed by atoms with Crippen LogP contribution in [0, 0.1) is 0 Å². The second-order valence-electron chi connectivity index (χ2n) is 5.02. The summed E-state index contributed by atoms with van der Waals surface area (Å²) < 4.78 is 31.6. The van der Waals surface area contributed by atoms with Gasteiger partial charge < -0.3 is 9.84 Å². The summed E-state index contributed by atoms with van der Waals surface area (Å²) in [5.74, 6) is -1.04. The fraction of sp³-hybridized carbons (Fsp3) is 0.500. The van der Waals surface area contributed by atoms with E-state index < -0.39 is 16.0 Å². The third-order valence-corrected chi connectivity index (χ3v) is 4.85. The number of nitrogens with one attached hydrogen (secondary N) is 1. The summed E-state index contributed by atoms with van der Waals surface area (Å²) in [4.78, 5) is 11.1. The third-order valence-electron chi connectivity index (χ3n) is 3.39. The first-order valence-corrected chi connectivity index (χ1v) is 8.53. The normalized spacial score (nSPS) is 18.8. The molecule has 0 aliphatic carbocycles. The molecule has 1 heterocycles. The molecule has 6 nitrogen and oxygen atoms in total. The van der Waals surface area contributed by atoms with Crippen molar-refractivity contribution in [3.8, 4) is 0 Å². The maximum atomic E-state index is 11.9. The van der Waals surface area contributed by atoms with E-state index in [-0.39, 0.29) is 24.0 Å². The molecule has 2 N–H and O–H groups in total. The maximum Gasteiger partial charge on any atom is 0.335 e. The summed E-state index contributed by atoms with van der Waals surface area (Å²) in [5, 5.41) is 9.06. The van der Waals surface area contributed by atoms with E-state index in [0.717, 1.165) is 12.8 Å². The van der Waals surface area contributed by atoms with Crippen LogP contribution < -0.4 is 4.72 Å². The molecule has 1 fully saturated rings. The maximum absolute atomic E-state index is 11.9. The van der Waals surface area contributed by atoms with Gasteiger partial charge in [0.05, 0.1) is 17.4 Å². The Balaban J connectivity index is 1.87. The van der Waals surface area contributed by atoms with Crippen molar-refractivity contribution in [3.05, 3.63) is 35.4 Å². The molecule has 1 saturated heterocycles. The number of hydrogen-bond acceptors (Lipinski definition) is 4. The van der Waals surface area contributed by atoms with E-state index in [1.54, 1.807) is 18.2 Å². The molecule has 0 aromatic heterocycles. The highest BCUT2D eigenvalue weighted by molar-refractivity contribution is 7.89. The summed E-state index contributed by atoms with van der Waals surface area (Å²) in [6.07, 6.45) is 1.77. The predicted molar refractivity (Wildman–Crippen MR) is 77.9 cm³/mol. The lowest BCUT2D eigenvalue weighted by Crippen LogP contribution is -2.33. The largest absolute Gasteiger partial charge is 0.478 e. The number of carboxylic acids is 1. The van der Waals surface area contributed by atoms with Crippen LogP contribution in [0.25, 0.3) is 0 Å². The Morgan fingerprint density at radius 1 is 1.38 bits per heavy atom. The van der Waals surface area contributed by atoms with Crippen LogP contribution in [0.1, 0.15) is 28.8 Å². The van der Waals surface area contributed by atoms with Crippen LogP contribution in [0.15, 0.2) is 24.3 Å². The Hall–Kier alpha value is -1.44. The molecular formula is C14H19NO5S. The summed E-state index contributed by atoms with van der Waals surface area (Å²) in [7, 11) is -3.39. The lowest BCUT2D eigenvalue weighted by atomic mass is 10.1. The number of aromatic carboxylic acids is 1. The van der Waals surface area contributed by atoms with E-state index in [0.29, 0.717) is 18.6 Å². The zero-order valence-corrected chi connectivity index (χ0v) is 12.4. The molecule has 0 amide bonds. The molecule has 0 spiro atoms. The quantitative estimate of drug-likeness (QED) is 0.784. The SMILES string of the molecule is O=C(O)c1ccccc1CCNS(=O)(=O)CC1CCCO1. The van der Waals surface area contributed by atoms with Gasteiger partial charge in [0.15, 0.2) is 0 Å². The molecule has 1 aliphatic rings. The summed E-state index contributed by atoms with van der Waals surface area (Å²) in [6, 6.07) is 6.59. The average Bonchev–Trinajstić information content (AvgIpc) is 2.91. The van der Waals surface area contributed by atoms with Crippen molar-refractivity contribution in [2.45, 2.75) is 25.4 Å². The minimum atomic E-state index is -3.39. The number of benzene rings is 1. The minimum absolute atomic E-state index is 0.0341. The van der Waals surface area contributed by atoms with Crippen LogP contribution in [-0.4, -0.2) is 44.5 Å². The number of sulfonamides is 1. The smallest absolute Gasteiger partial charge is 0.335 e. The lowest BCUT2D eigenvalue weighted by Gasteiger charge is -2.11. The summed E-state index contributed by atoms with van der Waals surface area (Å²) in [6.45, 7) is 0.797. The minimum Gasteiger partial charge on any atom is -0.478 e. The number of carboxylic acid groups (broad SMARTS) is 1. The zero-order chi connectivity index (χ0) is 15.3. The van der Waals surface area contributed by atoms with Gasteiger partial charge in [0.2, 0.25) is 10.0 Å². The van der Waals surface area contributed by atoms with Gasteiger partial charge >= 0.3 is 5.97 Å². The molecule has 21 heavy (non-hydrogen) atoms. The van der Waals surface area contributed by atoms with Gasteiger partial charge in [-0.25, -0.2) is 17.9 Å². The first-order chi connectivity index (χ1) is 9.98. The van der Waals surface area contributed by atoms with Gasteiger partial charge in [-0.2, -0.15) is 0 Å². The second kappa shape index (κ2) is 7.02. The molecule has 1 aromatic carbocycles. The van der Waals surface area contributed by atoms with Crippen LogP contribution in [0.2, 0.25) is 0 Å². The fourth-order valence-electron chi connectivity index (χ4n) is 2.37. The molecule has 2 rings (SSSR count). The highest BCUT2D eigenvalue weighted by atomic mass is 32.2. The van der Waals surface area contributed by atoms with Gasteiger partial charge in [-0.05, 0) is 30.9 Å². The van der Waals surface area contributed by atoms with E-state index in [4.69, 9.17) is 9.84 Å². The number of hydrogen-bond donors (Lipinski definition) is 2. The van der Waals surface area contributed by atoms with Crippen LogP contribution in [0.3, 0.4) is 0 Å². The number of ether oxygens (including phenoxy) is 1. The van der Waals surface area contributed by atoms with Crippen molar-refractivity contribution in [2.24, 2.45) is 0 Å². The van der Waals surface area contributed by atoms with Crippen molar-refractivity contribution >= 4 is 16.0 Å². The van der Waals surface area contributed by atoms with Crippen molar-refractivity contribution in [1.82, 2.24) is 4.72 Å². The molecule has 0 radical (unpaired) electrons. The number of rotatable bonds is 7. The van der Waals surface area contributed by atoms with Gasteiger partial charge in [0.1, 0.15) is 0 Å². The van der Waals surface area contributed by atoms with Gasteiger partial charge in [-0.3, -0.25) is 0 Å². The number of carbonyl (C=O) groups is 1. The second-order valence-corrected chi connectivity index (χ2v) is 6.87. The predicted octanol–water partition coefficient (Wildman–Crippen LogP) is 1.03. The molecular weight excluding hydrogens is 294 g/mol. The molecule has 0 saturated carbocycles. The van der Waals surface area contributed by atoms with E-state index in [9.17, 15) is 13.2 Å². The Labute approximate surface area is 124 Å². The zero-order valence-electron chi connectivity index (χ0n) is 11.6. The van der Waals surface area contributed by atoms with Gasteiger partial charge in [-0.15, -0.1) is 0 Å². The Bertz CT molecular complexity index is 593. The van der Waals surface area contributed by atoms with Gasteiger partial charge in [0, 0.05) is 13.2 Å². The van der Waals surface area contributed by atoms with Crippen molar-refractivity contribution in [2.75, 3.05) is 18.9 Å². The first-order valence-electron chi connectivity index (χ1n) is 6.88. The van der Waals surface area contributed by atoms with Crippen molar-refractivity contribution < 1.29 is 23.1 Å². The third kappa shape index (κ3) is 4.80. The molecule has 1 aliphatic heterocycles. The summed E-state index contributed by atoms with van der Waals surface area (Å²) in [5.41, 5.74) is 0.820. The van der Waals surface area contributed by atoms with E-state index in [1.165, 1.54) is 6.07 Å². The van der Waals surface area contributed by atoms with Crippen LogP contribution in [0.4, 0.5) is 0 Å². The fourth-order valence-corrected chi connectivity index (χ4v) is 3.65. The lowest BCUT2D eigenvalue weighted by molar-refractivity contribution is 0.0695. The molecule has 1 aromatic rings. The summed E-state index contributed by atoms with van der Waals surface area (Å²) >= 11 is 0. The molecule has 1 atom stereocenters. The monoisotopic (exact) mass is 313 g/mol. The van der Waals surface area contributed by atoms with Gasteiger partial charge in [-0.1, -0.05) is 18.2 Å². The van der Waals surface area contributed by atoms with Crippen LogP contribution >= 0.6 is 0 Å². The molecule has 116 valence electrons. The standard InChI is InChI=1S/C14H19NO5S/c16-14(17)13-6-2-1-4-11(13)7-8-15-21(18,19)10-12-5-3-9-20-12/h1-2,4,6,12,15H,3,5,7-10H2,(H,16,17). The van der Waals surface area contributed by atoms with E-state index in [1.807, 2.05) is 0 Å². The molecule has 7 heteroatoms. The average molecular weight is 313 g/mol. The van der Waals surface area contributed by atoms with Gasteiger partial charge in [0.25, 0.3) is 0 Å². The first kappa shape index (κ1) is 15.9. The van der Waals surface area contributed by atoms with Crippen molar-refractivity contribution in [1.29, 1.82) is 0 Å². The highest BCUT2D eigenvalue weighted by Gasteiger charge is 2.23.